The standard InChI is InChI=1S/C8H13Br/c1-3-5-6-7-8(9)4-2/h4,6-7H,3,5H2,1-2H3/b7-6-,8-4+. The van der Waals surface area contributed by atoms with Gasteiger partial charge in [0, 0.05) is 4.48 Å². The van der Waals surface area contributed by atoms with Crippen LogP contribution in [0.15, 0.2) is 22.7 Å². The highest BCUT2D eigenvalue weighted by Crippen LogP contribution is 2.06. The minimum atomic E-state index is 1.16. The summed E-state index contributed by atoms with van der Waals surface area (Å²) >= 11 is 3.38. The van der Waals surface area contributed by atoms with Gasteiger partial charge in [-0.3, -0.25) is 0 Å². The van der Waals surface area contributed by atoms with Crippen LogP contribution in [0.25, 0.3) is 0 Å². The largest absolute Gasteiger partial charge is 0.0834 e. The lowest BCUT2D eigenvalue weighted by Gasteiger charge is -1.84. The quantitative estimate of drug-likeness (QED) is 0.594. The van der Waals surface area contributed by atoms with E-state index in [4.69, 9.17) is 0 Å². The fourth-order valence-electron chi connectivity index (χ4n) is 0.459. The number of allylic oxidation sites excluding steroid dienone is 4. The highest BCUT2D eigenvalue weighted by molar-refractivity contribution is 9.11. The van der Waals surface area contributed by atoms with Gasteiger partial charge in [0.1, 0.15) is 0 Å². The van der Waals surface area contributed by atoms with Crippen molar-refractivity contribution in [2.75, 3.05) is 0 Å². The average Bonchev–Trinajstić information content (AvgIpc) is 1.89. The molecular formula is C8H13Br. The van der Waals surface area contributed by atoms with Crippen LogP contribution in [0.5, 0.6) is 0 Å². The van der Waals surface area contributed by atoms with Gasteiger partial charge in [-0.2, -0.15) is 0 Å². The molecule has 0 aromatic rings. The van der Waals surface area contributed by atoms with Gasteiger partial charge in [0.25, 0.3) is 0 Å². The zero-order valence-corrected chi connectivity index (χ0v) is 7.61. The molecule has 0 rings (SSSR count). The first-order valence-corrected chi connectivity index (χ1v) is 4.09. The summed E-state index contributed by atoms with van der Waals surface area (Å²) in [6.07, 6.45) is 8.68. The summed E-state index contributed by atoms with van der Waals surface area (Å²) in [5.41, 5.74) is 0. The Morgan fingerprint density at radius 2 is 2.22 bits per heavy atom. The Morgan fingerprint density at radius 3 is 2.67 bits per heavy atom. The Morgan fingerprint density at radius 1 is 1.56 bits per heavy atom. The van der Waals surface area contributed by atoms with Crippen molar-refractivity contribution in [2.24, 2.45) is 0 Å². The number of rotatable bonds is 3. The van der Waals surface area contributed by atoms with E-state index in [0.29, 0.717) is 0 Å². The van der Waals surface area contributed by atoms with Crippen molar-refractivity contribution in [2.45, 2.75) is 26.7 Å². The lowest BCUT2D eigenvalue weighted by atomic mass is 10.3. The molecule has 0 nitrogen and oxygen atoms in total. The first-order chi connectivity index (χ1) is 4.31. The maximum absolute atomic E-state index is 3.38. The third-order valence-electron chi connectivity index (χ3n) is 1.01. The van der Waals surface area contributed by atoms with Crippen molar-refractivity contribution in [1.82, 2.24) is 0 Å². The molecule has 0 saturated carbocycles. The Balaban J connectivity index is 3.45. The maximum Gasteiger partial charge on any atom is 0.0129 e. The molecule has 0 heterocycles. The Kier molecular flexibility index (Phi) is 6.06. The molecule has 0 fully saturated rings. The molecular weight excluding hydrogens is 176 g/mol. The maximum atomic E-state index is 3.38. The molecule has 0 radical (unpaired) electrons. The van der Waals surface area contributed by atoms with Crippen LogP contribution in [-0.2, 0) is 0 Å². The van der Waals surface area contributed by atoms with E-state index in [1.165, 1.54) is 12.8 Å². The van der Waals surface area contributed by atoms with Gasteiger partial charge in [0.05, 0.1) is 0 Å². The number of unbranched alkanes of at least 4 members (excludes halogenated alkanes) is 1. The molecule has 1 heteroatoms. The summed E-state index contributed by atoms with van der Waals surface area (Å²) in [5.74, 6) is 0. The van der Waals surface area contributed by atoms with Gasteiger partial charge in [0.2, 0.25) is 0 Å². The minimum absolute atomic E-state index is 1.16. The molecule has 0 atom stereocenters. The zero-order valence-electron chi connectivity index (χ0n) is 6.02. The van der Waals surface area contributed by atoms with E-state index >= 15 is 0 Å². The molecule has 0 aliphatic carbocycles. The molecule has 0 aliphatic rings. The van der Waals surface area contributed by atoms with E-state index in [2.05, 4.69) is 35.0 Å². The fourth-order valence-corrected chi connectivity index (χ4v) is 0.646. The molecule has 0 unspecified atom stereocenters. The van der Waals surface area contributed by atoms with Gasteiger partial charge in [0.15, 0.2) is 0 Å². The number of halogens is 1. The van der Waals surface area contributed by atoms with Gasteiger partial charge < -0.3 is 0 Å². The predicted octanol–water partition coefficient (Wildman–Crippen LogP) is 3.64. The Bertz CT molecular complexity index is 112. The number of hydrogen-bond donors (Lipinski definition) is 0. The first kappa shape index (κ1) is 8.96. The second kappa shape index (κ2) is 6.09. The fraction of sp³-hybridized carbons (Fsp3) is 0.500. The first-order valence-electron chi connectivity index (χ1n) is 3.29. The van der Waals surface area contributed by atoms with Gasteiger partial charge in [-0.25, -0.2) is 0 Å². The summed E-state index contributed by atoms with van der Waals surface area (Å²) in [5, 5.41) is 0. The highest BCUT2D eigenvalue weighted by Gasteiger charge is 1.77. The summed E-state index contributed by atoms with van der Waals surface area (Å²) in [6.45, 7) is 4.19. The highest BCUT2D eigenvalue weighted by atomic mass is 79.9. The van der Waals surface area contributed by atoms with Crippen molar-refractivity contribution in [1.29, 1.82) is 0 Å². The second-order valence-corrected chi connectivity index (χ2v) is 2.78. The average molecular weight is 189 g/mol. The van der Waals surface area contributed by atoms with Crippen molar-refractivity contribution in [3.05, 3.63) is 22.7 Å². The molecule has 0 saturated heterocycles. The Labute approximate surface area is 65.8 Å². The topological polar surface area (TPSA) is 0 Å². The smallest absolute Gasteiger partial charge is 0.0129 e. The van der Waals surface area contributed by atoms with Crippen LogP contribution in [0, 0.1) is 0 Å². The van der Waals surface area contributed by atoms with Crippen molar-refractivity contribution in [3.8, 4) is 0 Å². The van der Waals surface area contributed by atoms with Crippen LogP contribution in [0.4, 0.5) is 0 Å². The van der Waals surface area contributed by atoms with Crippen LogP contribution in [0.3, 0.4) is 0 Å². The molecule has 0 N–H and O–H groups in total. The van der Waals surface area contributed by atoms with Crippen LogP contribution >= 0.6 is 15.9 Å². The number of hydrogen-bond acceptors (Lipinski definition) is 0. The summed E-state index contributed by atoms with van der Waals surface area (Å²) < 4.78 is 1.16. The van der Waals surface area contributed by atoms with Crippen molar-refractivity contribution < 1.29 is 0 Å². The Hall–Kier alpha value is -0.0400. The van der Waals surface area contributed by atoms with Crippen LogP contribution in [-0.4, -0.2) is 0 Å². The third kappa shape index (κ3) is 5.84. The minimum Gasteiger partial charge on any atom is -0.0834 e. The SMILES string of the molecule is C/C=C(Br)\C=C/CCC. The van der Waals surface area contributed by atoms with Crippen molar-refractivity contribution in [3.63, 3.8) is 0 Å². The lowest BCUT2D eigenvalue weighted by molar-refractivity contribution is 0.958. The van der Waals surface area contributed by atoms with Crippen molar-refractivity contribution >= 4 is 15.9 Å². The molecule has 0 bridgehead atoms. The molecule has 52 valence electrons. The zero-order chi connectivity index (χ0) is 7.11. The lowest BCUT2D eigenvalue weighted by Crippen LogP contribution is -1.62. The van der Waals surface area contributed by atoms with Gasteiger partial charge in [-0.05, 0) is 13.3 Å². The van der Waals surface area contributed by atoms with E-state index in [9.17, 15) is 0 Å². The molecule has 0 spiro atoms. The monoisotopic (exact) mass is 188 g/mol. The van der Waals surface area contributed by atoms with E-state index in [1.54, 1.807) is 0 Å². The molecule has 0 aromatic heterocycles. The van der Waals surface area contributed by atoms with E-state index in [0.717, 1.165) is 4.48 Å². The normalized spacial score (nSPS) is 13.0. The molecule has 0 aliphatic heterocycles. The molecule has 9 heavy (non-hydrogen) atoms. The van der Waals surface area contributed by atoms with Crippen LogP contribution in [0.2, 0.25) is 0 Å². The van der Waals surface area contributed by atoms with Gasteiger partial charge in [-0.1, -0.05) is 47.5 Å². The van der Waals surface area contributed by atoms with E-state index < -0.39 is 0 Å². The van der Waals surface area contributed by atoms with Crippen LogP contribution in [0.1, 0.15) is 26.7 Å². The van der Waals surface area contributed by atoms with Crippen LogP contribution < -0.4 is 0 Å². The summed E-state index contributed by atoms with van der Waals surface area (Å²) in [6, 6.07) is 0. The van der Waals surface area contributed by atoms with Gasteiger partial charge >= 0.3 is 0 Å². The summed E-state index contributed by atoms with van der Waals surface area (Å²) in [4.78, 5) is 0. The van der Waals surface area contributed by atoms with E-state index in [1.807, 2.05) is 13.0 Å². The second-order valence-electron chi connectivity index (χ2n) is 1.86. The molecule has 0 aromatic carbocycles. The molecule has 0 amide bonds. The van der Waals surface area contributed by atoms with Gasteiger partial charge in [-0.15, -0.1) is 0 Å². The van der Waals surface area contributed by atoms with E-state index in [-0.39, 0.29) is 0 Å². The third-order valence-corrected chi connectivity index (χ3v) is 1.73. The summed E-state index contributed by atoms with van der Waals surface area (Å²) in [7, 11) is 0. The predicted molar refractivity (Wildman–Crippen MR) is 46.7 cm³/mol.